The van der Waals surface area contributed by atoms with Gasteiger partial charge in [0.15, 0.2) is 16.8 Å². The molecule has 2 aromatic carbocycles. The summed E-state index contributed by atoms with van der Waals surface area (Å²) in [5, 5.41) is 22.2. The number of aromatic hydroxyl groups is 2. The number of benzene rings is 2. The lowest BCUT2D eigenvalue weighted by atomic mass is 10.0. The van der Waals surface area contributed by atoms with Crippen molar-refractivity contribution in [1.29, 1.82) is 0 Å². The fraction of sp³-hybridized carbons (Fsp3) is 0.190. The summed E-state index contributed by atoms with van der Waals surface area (Å²) in [4.78, 5) is 11.6. The fourth-order valence-corrected chi connectivity index (χ4v) is 3.23. The fourth-order valence-electron chi connectivity index (χ4n) is 3.23. The van der Waals surface area contributed by atoms with E-state index in [1.807, 2.05) is 19.9 Å². The molecule has 0 unspecified atom stereocenters. The number of hydrogen-bond donors (Lipinski definition) is 2. The van der Waals surface area contributed by atoms with Crippen molar-refractivity contribution in [2.45, 2.75) is 20.3 Å². The first-order chi connectivity index (χ1) is 12.9. The number of phenolic OH excluding ortho intramolecular Hbond substituents is 1. The Hall–Kier alpha value is -3.41. The monoisotopic (exact) mass is 366 g/mol. The normalized spacial score (nSPS) is 11.4. The van der Waals surface area contributed by atoms with Crippen LogP contribution in [0.4, 0.5) is 0 Å². The molecular weight excluding hydrogens is 348 g/mol. The van der Waals surface area contributed by atoms with Crippen molar-refractivity contribution in [1.82, 2.24) is 0 Å². The number of methoxy groups -OCH3 is 1. The summed E-state index contributed by atoms with van der Waals surface area (Å²) in [5.41, 5.74) is 2.42. The SMILES string of the molecule is COc1c(CC=C(C)C)c(O)cc2oc3c(oc4cc(=O)ccc43)c(O)c12. The average Bonchev–Trinajstić information content (AvgIpc) is 2.97. The smallest absolute Gasteiger partial charge is 0.213 e. The van der Waals surface area contributed by atoms with Crippen molar-refractivity contribution >= 4 is 33.1 Å². The van der Waals surface area contributed by atoms with Crippen LogP contribution >= 0.6 is 0 Å². The van der Waals surface area contributed by atoms with E-state index in [9.17, 15) is 15.0 Å². The minimum absolute atomic E-state index is 0.00833. The lowest BCUT2D eigenvalue weighted by Crippen LogP contribution is -1.94. The molecule has 0 aliphatic heterocycles. The Kier molecular flexibility index (Phi) is 3.84. The Labute approximate surface area is 153 Å². The van der Waals surface area contributed by atoms with Crippen LogP contribution in [-0.4, -0.2) is 17.3 Å². The van der Waals surface area contributed by atoms with Crippen LogP contribution in [-0.2, 0) is 6.42 Å². The van der Waals surface area contributed by atoms with Crippen LogP contribution in [0.5, 0.6) is 17.2 Å². The van der Waals surface area contributed by atoms with E-state index >= 15 is 0 Å². The second-order valence-corrected chi connectivity index (χ2v) is 6.64. The van der Waals surface area contributed by atoms with Gasteiger partial charge in [-0.2, -0.15) is 0 Å². The minimum Gasteiger partial charge on any atom is -0.507 e. The topological polar surface area (TPSA) is 93.0 Å². The van der Waals surface area contributed by atoms with Gasteiger partial charge in [0.2, 0.25) is 5.58 Å². The van der Waals surface area contributed by atoms with Crippen LogP contribution in [0.15, 0.2) is 49.5 Å². The zero-order valence-corrected chi connectivity index (χ0v) is 15.1. The standard InChI is InChI=1S/C21H18O6/c1-10(2)4-6-12-14(23)9-16-17(19(12)25-3)18(24)21-20(27-16)13-7-5-11(22)8-15(13)26-21/h4-5,7-9,23-24H,6H2,1-3H3. The van der Waals surface area contributed by atoms with Crippen LogP contribution in [0.2, 0.25) is 0 Å². The van der Waals surface area contributed by atoms with Crippen LogP contribution in [0.3, 0.4) is 0 Å². The first kappa shape index (κ1) is 17.0. The average molecular weight is 366 g/mol. The van der Waals surface area contributed by atoms with Gasteiger partial charge in [-0.1, -0.05) is 11.6 Å². The highest BCUT2D eigenvalue weighted by Crippen LogP contribution is 2.46. The van der Waals surface area contributed by atoms with Gasteiger partial charge in [0.05, 0.1) is 12.5 Å². The van der Waals surface area contributed by atoms with E-state index in [0.717, 1.165) is 5.57 Å². The summed E-state index contributed by atoms with van der Waals surface area (Å²) >= 11 is 0. The quantitative estimate of drug-likeness (QED) is 0.514. The molecule has 2 heterocycles. The molecule has 6 heteroatoms. The summed E-state index contributed by atoms with van der Waals surface area (Å²) in [5.74, 6) is 0.162. The first-order valence-electron chi connectivity index (χ1n) is 8.45. The Balaban J connectivity index is 2.13. The van der Waals surface area contributed by atoms with Gasteiger partial charge >= 0.3 is 0 Å². The molecule has 27 heavy (non-hydrogen) atoms. The molecule has 0 amide bonds. The van der Waals surface area contributed by atoms with E-state index in [-0.39, 0.29) is 28.1 Å². The largest absolute Gasteiger partial charge is 0.507 e. The number of allylic oxidation sites excluding steroid dienone is 2. The highest BCUT2D eigenvalue weighted by atomic mass is 16.5. The molecule has 0 atom stereocenters. The molecule has 0 radical (unpaired) electrons. The summed E-state index contributed by atoms with van der Waals surface area (Å²) < 4.78 is 17.1. The van der Waals surface area contributed by atoms with Crippen molar-refractivity contribution in [3.05, 3.63) is 51.7 Å². The van der Waals surface area contributed by atoms with Gasteiger partial charge in [-0.3, -0.25) is 4.79 Å². The molecule has 2 N–H and O–H groups in total. The second kappa shape index (κ2) is 6.09. The molecule has 138 valence electrons. The number of hydrogen-bond acceptors (Lipinski definition) is 6. The molecule has 4 rings (SSSR count). The highest BCUT2D eigenvalue weighted by Gasteiger charge is 2.23. The second-order valence-electron chi connectivity index (χ2n) is 6.64. The Morgan fingerprint density at radius 2 is 1.85 bits per heavy atom. The Morgan fingerprint density at radius 1 is 1.11 bits per heavy atom. The Morgan fingerprint density at radius 3 is 2.56 bits per heavy atom. The van der Waals surface area contributed by atoms with E-state index in [1.54, 1.807) is 6.07 Å². The number of rotatable bonds is 3. The molecule has 0 aliphatic carbocycles. The third-order valence-electron chi connectivity index (χ3n) is 4.52. The van der Waals surface area contributed by atoms with Gasteiger partial charge in [-0.25, -0.2) is 0 Å². The van der Waals surface area contributed by atoms with Crippen molar-refractivity contribution in [3.8, 4) is 17.2 Å². The van der Waals surface area contributed by atoms with E-state index in [4.69, 9.17) is 13.6 Å². The number of ether oxygens (including phenoxy) is 1. The minimum atomic E-state index is -0.204. The molecular formula is C21H18O6. The van der Waals surface area contributed by atoms with E-state index in [1.165, 1.54) is 25.3 Å². The van der Waals surface area contributed by atoms with Gasteiger partial charge in [0.25, 0.3) is 0 Å². The Bertz CT molecular complexity index is 1290. The van der Waals surface area contributed by atoms with Gasteiger partial charge in [-0.15, -0.1) is 0 Å². The van der Waals surface area contributed by atoms with Crippen molar-refractivity contribution < 1.29 is 23.8 Å². The third-order valence-corrected chi connectivity index (χ3v) is 4.52. The summed E-state index contributed by atoms with van der Waals surface area (Å²) in [6.07, 6.45) is 2.39. The molecule has 0 saturated heterocycles. The van der Waals surface area contributed by atoms with Gasteiger partial charge in [-0.05, 0) is 32.4 Å². The number of furan rings is 1. The van der Waals surface area contributed by atoms with Crippen LogP contribution in [0, 0.1) is 0 Å². The summed E-state index contributed by atoms with van der Waals surface area (Å²) in [6.45, 7) is 3.92. The van der Waals surface area contributed by atoms with Gasteiger partial charge < -0.3 is 23.8 Å². The predicted octanol–water partition coefficient (Wildman–Crippen LogP) is 4.62. The lowest BCUT2D eigenvalue weighted by Gasteiger charge is -2.13. The zero-order chi connectivity index (χ0) is 19.3. The zero-order valence-electron chi connectivity index (χ0n) is 15.1. The maximum absolute atomic E-state index is 11.6. The first-order valence-corrected chi connectivity index (χ1v) is 8.45. The molecule has 0 saturated carbocycles. The van der Waals surface area contributed by atoms with Crippen molar-refractivity contribution in [3.63, 3.8) is 0 Å². The maximum atomic E-state index is 11.6. The van der Waals surface area contributed by atoms with Crippen molar-refractivity contribution in [2.75, 3.05) is 7.11 Å². The highest BCUT2D eigenvalue weighted by molar-refractivity contribution is 6.09. The number of fused-ring (bicyclic) bond motifs is 4. The van der Waals surface area contributed by atoms with E-state index in [0.29, 0.717) is 39.7 Å². The van der Waals surface area contributed by atoms with Gasteiger partial charge in [0.1, 0.15) is 28.1 Å². The summed E-state index contributed by atoms with van der Waals surface area (Å²) in [6, 6.07) is 5.77. The predicted molar refractivity (Wildman–Crippen MR) is 103 cm³/mol. The van der Waals surface area contributed by atoms with Crippen LogP contribution in [0.25, 0.3) is 33.1 Å². The molecule has 0 bridgehead atoms. The molecule has 4 aromatic rings. The van der Waals surface area contributed by atoms with E-state index in [2.05, 4.69) is 0 Å². The van der Waals surface area contributed by atoms with Crippen LogP contribution < -0.4 is 10.2 Å². The third kappa shape index (κ3) is 2.61. The molecule has 0 spiro atoms. The molecule has 0 fully saturated rings. The van der Waals surface area contributed by atoms with Crippen molar-refractivity contribution in [2.24, 2.45) is 0 Å². The van der Waals surface area contributed by atoms with Gasteiger partial charge in [0, 0.05) is 17.7 Å². The molecule has 0 aliphatic rings. The maximum Gasteiger partial charge on any atom is 0.213 e. The lowest BCUT2D eigenvalue weighted by molar-refractivity contribution is 0.401. The summed E-state index contributed by atoms with van der Waals surface area (Å²) in [7, 11) is 1.46. The number of phenols is 1. The molecule has 6 nitrogen and oxygen atoms in total. The van der Waals surface area contributed by atoms with E-state index < -0.39 is 0 Å². The van der Waals surface area contributed by atoms with Crippen LogP contribution in [0.1, 0.15) is 19.4 Å². The molecule has 2 aromatic heterocycles.